The minimum Gasteiger partial charge on any atom is -0.498 e. The summed E-state index contributed by atoms with van der Waals surface area (Å²) in [5.74, 6) is 2.06. The highest BCUT2D eigenvalue weighted by molar-refractivity contribution is 5.67. The van der Waals surface area contributed by atoms with Crippen LogP contribution in [-0.4, -0.2) is 32.5 Å². The molecule has 0 aliphatic heterocycles. The predicted octanol–water partition coefficient (Wildman–Crippen LogP) is 8.72. The van der Waals surface area contributed by atoms with Gasteiger partial charge in [0.05, 0.1) is 25.1 Å². The summed E-state index contributed by atoms with van der Waals surface area (Å²) in [7, 11) is 0. The van der Waals surface area contributed by atoms with E-state index in [2.05, 4.69) is 37.3 Å². The monoisotopic (exact) mass is 470 g/mol. The van der Waals surface area contributed by atoms with Crippen LogP contribution in [0.3, 0.4) is 0 Å². The third kappa shape index (κ3) is 10.5. The largest absolute Gasteiger partial charge is 0.498 e. The van der Waals surface area contributed by atoms with Crippen molar-refractivity contribution in [2.45, 2.75) is 116 Å². The van der Waals surface area contributed by atoms with E-state index in [4.69, 9.17) is 14.2 Å². The Hall–Kier alpha value is -1.32. The summed E-state index contributed by atoms with van der Waals surface area (Å²) in [4.78, 5) is 0. The van der Waals surface area contributed by atoms with Gasteiger partial charge < -0.3 is 14.2 Å². The summed E-state index contributed by atoms with van der Waals surface area (Å²) >= 11 is 0. The van der Waals surface area contributed by atoms with Gasteiger partial charge in [0.15, 0.2) is 0 Å². The summed E-state index contributed by atoms with van der Waals surface area (Å²) in [6.45, 7) is 5.62. The molecular formula is C31H50O3. The first kappa shape index (κ1) is 27.3. The molecule has 0 unspecified atom stereocenters. The van der Waals surface area contributed by atoms with Gasteiger partial charge in [0.25, 0.3) is 0 Å². The molecule has 0 radical (unpaired) electrons. The Balaban J connectivity index is 1.58. The van der Waals surface area contributed by atoms with Crippen LogP contribution in [0.1, 0.15) is 115 Å². The molecule has 34 heavy (non-hydrogen) atoms. The van der Waals surface area contributed by atoms with Gasteiger partial charge in [-0.25, -0.2) is 0 Å². The van der Waals surface area contributed by atoms with Crippen molar-refractivity contribution < 1.29 is 14.2 Å². The minimum absolute atomic E-state index is 0.516. The molecule has 1 aromatic rings. The lowest BCUT2D eigenvalue weighted by Gasteiger charge is -2.19. The van der Waals surface area contributed by atoms with Gasteiger partial charge in [-0.05, 0) is 62.0 Å². The van der Waals surface area contributed by atoms with Crippen LogP contribution in [0.15, 0.2) is 36.1 Å². The molecule has 2 fully saturated rings. The summed E-state index contributed by atoms with van der Waals surface area (Å²) in [5, 5.41) is 0. The molecule has 0 heterocycles. The maximum absolute atomic E-state index is 6.58. The third-order valence-electron chi connectivity index (χ3n) is 7.58. The van der Waals surface area contributed by atoms with E-state index in [9.17, 15) is 0 Å². The zero-order chi connectivity index (χ0) is 23.7. The number of ether oxygens (including phenoxy) is 3. The van der Waals surface area contributed by atoms with E-state index in [1.54, 1.807) is 0 Å². The number of hydrogen-bond donors (Lipinski definition) is 0. The van der Waals surface area contributed by atoms with Gasteiger partial charge in [-0.3, -0.25) is 0 Å². The fraction of sp³-hybridized carbons (Fsp3) is 0.742. The lowest BCUT2D eigenvalue weighted by atomic mass is 9.99. The van der Waals surface area contributed by atoms with E-state index in [1.165, 1.54) is 87.5 Å². The molecule has 2 saturated carbocycles. The summed E-state index contributed by atoms with van der Waals surface area (Å²) < 4.78 is 18.7. The number of allylic oxidation sites excluding steroid dienone is 1. The van der Waals surface area contributed by atoms with Gasteiger partial charge in [0.2, 0.25) is 0 Å². The van der Waals surface area contributed by atoms with E-state index >= 15 is 0 Å². The molecule has 1 aromatic carbocycles. The molecule has 0 atom stereocenters. The van der Waals surface area contributed by atoms with Crippen LogP contribution < -0.4 is 0 Å². The summed E-state index contributed by atoms with van der Waals surface area (Å²) in [5.41, 5.74) is 2.64. The Morgan fingerprint density at radius 2 is 1.50 bits per heavy atom. The van der Waals surface area contributed by atoms with Crippen molar-refractivity contribution in [2.24, 2.45) is 5.92 Å². The van der Waals surface area contributed by atoms with E-state index in [0.717, 1.165) is 64.4 Å². The Morgan fingerprint density at radius 3 is 2.26 bits per heavy atom. The summed E-state index contributed by atoms with van der Waals surface area (Å²) in [6, 6.07) is 10.8. The van der Waals surface area contributed by atoms with E-state index < -0.39 is 0 Å². The average molecular weight is 471 g/mol. The Bertz CT molecular complexity index is 657. The maximum Gasteiger partial charge on any atom is 0.0998 e. The van der Waals surface area contributed by atoms with Gasteiger partial charge >= 0.3 is 0 Å². The lowest BCUT2D eigenvalue weighted by molar-refractivity contribution is 0.0553. The number of benzene rings is 1. The first-order valence-corrected chi connectivity index (χ1v) is 14.5. The van der Waals surface area contributed by atoms with E-state index in [-0.39, 0.29) is 0 Å². The van der Waals surface area contributed by atoms with Gasteiger partial charge in [-0.2, -0.15) is 0 Å². The second kappa shape index (κ2) is 17.2. The van der Waals surface area contributed by atoms with Crippen molar-refractivity contribution in [3.05, 3.63) is 41.7 Å². The standard InChI is InChI=1S/C31H50O3/c1-2-3-12-23-32-25-22-30(28-16-5-4-6-17-28)31(34-26-21-27-14-7-8-15-27)20-11-13-24-33-29-18-9-10-19-29/h4-6,16-17,27,29H,2-3,7-15,18-26H2,1H3. The smallest absolute Gasteiger partial charge is 0.0998 e. The van der Waals surface area contributed by atoms with E-state index in [1.807, 2.05) is 0 Å². The molecule has 0 aromatic heterocycles. The fourth-order valence-electron chi connectivity index (χ4n) is 5.47. The van der Waals surface area contributed by atoms with Gasteiger partial charge in [0.1, 0.15) is 0 Å². The molecule has 2 aliphatic carbocycles. The van der Waals surface area contributed by atoms with Gasteiger partial charge in [-0.1, -0.05) is 88.6 Å². The predicted molar refractivity (Wildman–Crippen MR) is 143 cm³/mol. The fourth-order valence-corrected chi connectivity index (χ4v) is 5.47. The quantitative estimate of drug-likeness (QED) is 0.159. The minimum atomic E-state index is 0.516. The molecule has 3 nitrogen and oxygen atoms in total. The van der Waals surface area contributed by atoms with Gasteiger partial charge in [0, 0.05) is 19.6 Å². The number of hydrogen-bond acceptors (Lipinski definition) is 3. The van der Waals surface area contributed by atoms with Crippen LogP contribution in [0.2, 0.25) is 0 Å². The van der Waals surface area contributed by atoms with Crippen molar-refractivity contribution in [1.29, 1.82) is 0 Å². The molecule has 0 amide bonds. The first-order chi connectivity index (χ1) is 16.9. The van der Waals surface area contributed by atoms with Crippen LogP contribution in [-0.2, 0) is 14.2 Å². The topological polar surface area (TPSA) is 27.7 Å². The van der Waals surface area contributed by atoms with Gasteiger partial charge in [-0.15, -0.1) is 0 Å². The Kier molecular flexibility index (Phi) is 13.8. The number of unbranched alkanes of at least 4 members (excludes halogenated alkanes) is 3. The highest BCUT2D eigenvalue weighted by atomic mass is 16.5. The molecule has 3 rings (SSSR count). The van der Waals surface area contributed by atoms with Crippen molar-refractivity contribution in [3.8, 4) is 0 Å². The highest BCUT2D eigenvalue weighted by Gasteiger charge is 2.17. The zero-order valence-corrected chi connectivity index (χ0v) is 21.9. The van der Waals surface area contributed by atoms with Crippen LogP contribution >= 0.6 is 0 Å². The lowest BCUT2D eigenvalue weighted by Crippen LogP contribution is -2.09. The molecule has 0 N–H and O–H groups in total. The highest BCUT2D eigenvalue weighted by Crippen LogP contribution is 2.30. The second-order valence-electron chi connectivity index (χ2n) is 10.4. The molecular weight excluding hydrogens is 420 g/mol. The maximum atomic E-state index is 6.58. The second-order valence-corrected chi connectivity index (χ2v) is 10.4. The summed E-state index contributed by atoms with van der Waals surface area (Å²) in [6.07, 6.45) is 20.3. The molecule has 0 spiro atoms. The molecule has 0 saturated heterocycles. The normalized spacial score (nSPS) is 17.9. The third-order valence-corrected chi connectivity index (χ3v) is 7.58. The molecule has 192 valence electrons. The van der Waals surface area contributed by atoms with Crippen LogP contribution in [0.25, 0.3) is 5.57 Å². The first-order valence-electron chi connectivity index (χ1n) is 14.5. The Morgan fingerprint density at radius 1 is 0.765 bits per heavy atom. The SMILES string of the molecule is CCCCCOCCC(=C(CCCCOC1CCCC1)OCCC1CCCC1)c1ccccc1. The van der Waals surface area contributed by atoms with E-state index in [0.29, 0.717) is 6.10 Å². The van der Waals surface area contributed by atoms with Crippen molar-refractivity contribution in [1.82, 2.24) is 0 Å². The van der Waals surface area contributed by atoms with Crippen LogP contribution in [0.4, 0.5) is 0 Å². The van der Waals surface area contributed by atoms with Crippen LogP contribution in [0, 0.1) is 5.92 Å². The van der Waals surface area contributed by atoms with Crippen molar-refractivity contribution in [2.75, 3.05) is 26.4 Å². The van der Waals surface area contributed by atoms with Crippen molar-refractivity contribution in [3.63, 3.8) is 0 Å². The number of rotatable bonds is 18. The zero-order valence-electron chi connectivity index (χ0n) is 21.9. The molecule has 3 heteroatoms. The van der Waals surface area contributed by atoms with Crippen LogP contribution in [0.5, 0.6) is 0 Å². The molecule has 2 aliphatic rings. The Labute approximate surface area is 209 Å². The average Bonchev–Trinajstić information content (AvgIpc) is 3.58. The van der Waals surface area contributed by atoms with Crippen molar-refractivity contribution >= 4 is 5.57 Å². The molecule has 0 bridgehead atoms.